The zero-order valence-corrected chi connectivity index (χ0v) is 11.5. The molecule has 2 atom stereocenters. The summed E-state index contributed by atoms with van der Waals surface area (Å²) in [5, 5.41) is 12.3. The maximum atomic E-state index is 12.3. The van der Waals surface area contributed by atoms with Crippen LogP contribution in [0.15, 0.2) is 24.4 Å². The largest absolute Gasteiger partial charge is 0.481 e. The SMILES string of the molecule is O=C(NC1C=CC(C(=O)O)C1)c1cc(Cl)cn1C1CC1. The molecule has 0 bridgehead atoms. The minimum absolute atomic E-state index is 0.204. The van der Waals surface area contributed by atoms with E-state index in [1.54, 1.807) is 24.4 Å². The summed E-state index contributed by atoms with van der Waals surface area (Å²) >= 11 is 5.97. The number of hydrogen-bond acceptors (Lipinski definition) is 2. The maximum absolute atomic E-state index is 12.3. The van der Waals surface area contributed by atoms with Crippen LogP contribution in [0.1, 0.15) is 35.8 Å². The molecule has 1 aromatic rings. The molecule has 1 fully saturated rings. The van der Waals surface area contributed by atoms with Gasteiger partial charge < -0.3 is 15.0 Å². The molecule has 0 aliphatic heterocycles. The van der Waals surface area contributed by atoms with Gasteiger partial charge in [0.15, 0.2) is 0 Å². The molecule has 1 heterocycles. The van der Waals surface area contributed by atoms with E-state index in [1.165, 1.54) is 0 Å². The fourth-order valence-corrected chi connectivity index (χ4v) is 2.72. The van der Waals surface area contributed by atoms with Crippen LogP contribution in [0.3, 0.4) is 0 Å². The number of hydrogen-bond donors (Lipinski definition) is 2. The van der Waals surface area contributed by atoms with E-state index in [4.69, 9.17) is 16.7 Å². The zero-order chi connectivity index (χ0) is 14.3. The van der Waals surface area contributed by atoms with Crippen molar-refractivity contribution in [3.63, 3.8) is 0 Å². The quantitative estimate of drug-likeness (QED) is 0.837. The number of amides is 1. The Bertz CT molecular complexity index is 589. The van der Waals surface area contributed by atoms with Crippen molar-refractivity contribution < 1.29 is 14.7 Å². The van der Waals surface area contributed by atoms with Crippen molar-refractivity contribution in [2.24, 2.45) is 5.92 Å². The second-order valence-electron chi connectivity index (χ2n) is 5.33. The molecule has 5 nitrogen and oxygen atoms in total. The first-order chi connectivity index (χ1) is 9.54. The molecule has 0 spiro atoms. The number of carbonyl (C=O) groups is 2. The molecule has 3 rings (SSSR count). The lowest BCUT2D eigenvalue weighted by Crippen LogP contribution is -2.34. The van der Waals surface area contributed by atoms with Crippen LogP contribution in [0.25, 0.3) is 0 Å². The van der Waals surface area contributed by atoms with Gasteiger partial charge in [0, 0.05) is 18.3 Å². The van der Waals surface area contributed by atoms with Gasteiger partial charge in [-0.05, 0) is 25.3 Å². The molecule has 1 saturated carbocycles. The lowest BCUT2D eigenvalue weighted by atomic mass is 10.1. The van der Waals surface area contributed by atoms with Crippen LogP contribution >= 0.6 is 11.6 Å². The molecule has 2 unspecified atom stereocenters. The fourth-order valence-electron chi connectivity index (χ4n) is 2.51. The Hall–Kier alpha value is -1.75. The van der Waals surface area contributed by atoms with Gasteiger partial charge in [-0.25, -0.2) is 0 Å². The van der Waals surface area contributed by atoms with Crippen LogP contribution < -0.4 is 5.32 Å². The Labute approximate surface area is 121 Å². The van der Waals surface area contributed by atoms with E-state index in [0.29, 0.717) is 23.2 Å². The number of nitrogens with one attached hydrogen (secondary N) is 1. The molecule has 2 aliphatic rings. The highest BCUT2D eigenvalue weighted by molar-refractivity contribution is 6.31. The summed E-state index contributed by atoms with van der Waals surface area (Å²) in [5.41, 5.74) is 0.546. The average molecular weight is 295 g/mol. The van der Waals surface area contributed by atoms with Crippen molar-refractivity contribution in [3.05, 3.63) is 35.1 Å². The Kier molecular flexibility index (Phi) is 3.30. The van der Waals surface area contributed by atoms with Gasteiger partial charge in [0.1, 0.15) is 5.69 Å². The highest BCUT2D eigenvalue weighted by atomic mass is 35.5. The van der Waals surface area contributed by atoms with E-state index in [1.807, 2.05) is 4.57 Å². The van der Waals surface area contributed by atoms with Gasteiger partial charge in [-0.15, -0.1) is 0 Å². The first-order valence-electron chi connectivity index (χ1n) is 6.64. The molecular formula is C14H15ClN2O3. The smallest absolute Gasteiger partial charge is 0.310 e. The molecular weight excluding hydrogens is 280 g/mol. The molecule has 106 valence electrons. The van der Waals surface area contributed by atoms with E-state index < -0.39 is 11.9 Å². The van der Waals surface area contributed by atoms with E-state index in [0.717, 1.165) is 12.8 Å². The molecule has 20 heavy (non-hydrogen) atoms. The molecule has 0 saturated heterocycles. The maximum Gasteiger partial charge on any atom is 0.310 e. The van der Waals surface area contributed by atoms with Gasteiger partial charge in [0.25, 0.3) is 5.91 Å². The number of halogens is 1. The summed E-state index contributed by atoms with van der Waals surface area (Å²) in [4.78, 5) is 23.1. The summed E-state index contributed by atoms with van der Waals surface area (Å²) < 4.78 is 1.91. The third kappa shape index (κ3) is 2.58. The summed E-state index contributed by atoms with van der Waals surface area (Å²) in [6.45, 7) is 0. The van der Waals surface area contributed by atoms with Gasteiger partial charge >= 0.3 is 5.97 Å². The molecule has 1 amide bonds. The van der Waals surface area contributed by atoms with Crippen LogP contribution in [0, 0.1) is 5.92 Å². The standard InChI is InChI=1S/C14H15ClN2O3/c15-9-6-12(17(7-9)11-3-4-11)13(18)16-10-2-1-8(5-10)14(19)20/h1-2,6-8,10-11H,3-5H2,(H,16,18)(H,19,20). The topological polar surface area (TPSA) is 71.3 Å². The Morgan fingerprint density at radius 2 is 2.10 bits per heavy atom. The summed E-state index contributed by atoms with van der Waals surface area (Å²) in [6.07, 6.45) is 7.67. The van der Waals surface area contributed by atoms with Crippen LogP contribution in [-0.2, 0) is 4.79 Å². The lowest BCUT2D eigenvalue weighted by Gasteiger charge is -2.13. The van der Waals surface area contributed by atoms with Gasteiger partial charge in [0.2, 0.25) is 0 Å². The molecule has 2 N–H and O–H groups in total. The second-order valence-corrected chi connectivity index (χ2v) is 5.76. The third-order valence-electron chi connectivity index (χ3n) is 3.71. The summed E-state index contributed by atoms with van der Waals surface area (Å²) in [7, 11) is 0. The van der Waals surface area contributed by atoms with Gasteiger partial charge in [-0.3, -0.25) is 9.59 Å². The van der Waals surface area contributed by atoms with Crippen molar-refractivity contribution >= 4 is 23.5 Å². The molecule has 6 heteroatoms. The summed E-state index contributed by atoms with van der Waals surface area (Å²) in [6, 6.07) is 1.79. The van der Waals surface area contributed by atoms with E-state index >= 15 is 0 Å². The molecule has 2 aliphatic carbocycles. The number of carboxylic acid groups (broad SMARTS) is 1. The molecule has 1 aromatic heterocycles. The van der Waals surface area contributed by atoms with Crippen LogP contribution in [0.5, 0.6) is 0 Å². The van der Waals surface area contributed by atoms with E-state index in [-0.39, 0.29) is 11.9 Å². The normalized spacial score (nSPS) is 24.9. The highest BCUT2D eigenvalue weighted by Gasteiger charge is 2.30. The van der Waals surface area contributed by atoms with E-state index in [9.17, 15) is 9.59 Å². The fraction of sp³-hybridized carbons (Fsp3) is 0.429. The van der Waals surface area contributed by atoms with Gasteiger partial charge in [-0.2, -0.15) is 0 Å². The Morgan fingerprint density at radius 3 is 2.70 bits per heavy atom. The monoisotopic (exact) mass is 294 g/mol. The average Bonchev–Trinajstić information content (AvgIpc) is 3.00. The van der Waals surface area contributed by atoms with E-state index in [2.05, 4.69) is 5.32 Å². The third-order valence-corrected chi connectivity index (χ3v) is 3.91. The van der Waals surface area contributed by atoms with Crippen LogP contribution in [-0.4, -0.2) is 27.6 Å². The van der Waals surface area contributed by atoms with Crippen molar-refractivity contribution in [1.82, 2.24) is 9.88 Å². The Balaban J connectivity index is 1.68. The number of nitrogens with zero attached hydrogens (tertiary/aromatic N) is 1. The number of carbonyl (C=O) groups excluding carboxylic acids is 1. The minimum atomic E-state index is -0.859. The molecule has 0 aromatic carbocycles. The number of aliphatic carboxylic acids is 1. The highest BCUT2D eigenvalue weighted by Crippen LogP contribution is 2.37. The first kappa shape index (κ1) is 13.2. The van der Waals surface area contributed by atoms with Gasteiger partial charge in [-0.1, -0.05) is 23.8 Å². The van der Waals surface area contributed by atoms with Crippen molar-refractivity contribution in [3.8, 4) is 0 Å². The molecule has 0 radical (unpaired) electrons. The predicted molar refractivity (Wildman–Crippen MR) is 73.9 cm³/mol. The van der Waals surface area contributed by atoms with Crippen LogP contribution in [0.4, 0.5) is 0 Å². The van der Waals surface area contributed by atoms with Crippen LogP contribution in [0.2, 0.25) is 5.02 Å². The minimum Gasteiger partial charge on any atom is -0.481 e. The van der Waals surface area contributed by atoms with Crippen molar-refractivity contribution in [1.29, 1.82) is 0 Å². The van der Waals surface area contributed by atoms with Gasteiger partial charge in [0.05, 0.1) is 10.9 Å². The number of carboxylic acids is 1. The predicted octanol–water partition coefficient (Wildman–Crippen LogP) is 2.24. The van der Waals surface area contributed by atoms with Crippen molar-refractivity contribution in [2.75, 3.05) is 0 Å². The number of aromatic nitrogens is 1. The zero-order valence-electron chi connectivity index (χ0n) is 10.8. The Morgan fingerprint density at radius 1 is 1.35 bits per heavy atom. The summed E-state index contributed by atoms with van der Waals surface area (Å²) in [5.74, 6) is -1.58. The first-order valence-corrected chi connectivity index (χ1v) is 7.02. The van der Waals surface area contributed by atoms with Crippen molar-refractivity contribution in [2.45, 2.75) is 31.3 Å². The lowest BCUT2D eigenvalue weighted by molar-refractivity contribution is -0.140. The number of rotatable bonds is 4. The second kappa shape index (κ2) is 4.98.